The largest absolute Gasteiger partial charge is 0.492 e. The molecule has 22 heavy (non-hydrogen) atoms. The van der Waals surface area contributed by atoms with Gasteiger partial charge in [-0.15, -0.1) is 0 Å². The number of hydrogen-bond donors (Lipinski definition) is 2. The highest BCUT2D eigenvalue weighted by molar-refractivity contribution is 9.10. The summed E-state index contributed by atoms with van der Waals surface area (Å²) in [4.78, 5) is 11.1. The maximum atomic E-state index is 11.1. The molecule has 0 unspecified atom stereocenters. The number of methoxy groups -OCH3 is 1. The van der Waals surface area contributed by atoms with E-state index in [1.165, 1.54) is 0 Å². The zero-order valence-electron chi connectivity index (χ0n) is 13.5. The zero-order chi connectivity index (χ0) is 16.8. The number of carboxylic acid groups (broad SMARTS) is 1. The Bertz CT molecular complexity index is 517. The Kier molecular flexibility index (Phi) is 7.16. The number of carboxylic acids is 1. The van der Waals surface area contributed by atoms with E-state index in [2.05, 4.69) is 21.2 Å². The number of halogens is 1. The number of benzene rings is 1. The molecular weight excluding hydrogens is 350 g/mol. The van der Waals surface area contributed by atoms with E-state index in [4.69, 9.17) is 14.6 Å². The van der Waals surface area contributed by atoms with Crippen molar-refractivity contribution in [2.24, 2.45) is 5.41 Å². The third kappa shape index (κ3) is 5.18. The van der Waals surface area contributed by atoms with Gasteiger partial charge in [-0.05, 0) is 67.4 Å². The molecule has 1 rings (SSSR count). The van der Waals surface area contributed by atoms with Gasteiger partial charge in [0.05, 0.1) is 23.6 Å². The molecule has 0 atom stereocenters. The van der Waals surface area contributed by atoms with Gasteiger partial charge < -0.3 is 19.9 Å². The van der Waals surface area contributed by atoms with Gasteiger partial charge in [-0.1, -0.05) is 0 Å². The lowest BCUT2D eigenvalue weighted by atomic mass is 9.90. The Hall–Kier alpha value is -1.27. The van der Waals surface area contributed by atoms with Crippen LogP contribution in [-0.4, -0.2) is 31.3 Å². The first-order chi connectivity index (χ1) is 10.3. The van der Waals surface area contributed by atoms with E-state index in [0.29, 0.717) is 37.6 Å². The normalized spacial score (nSPS) is 11.3. The number of aliphatic carboxylic acids is 1. The van der Waals surface area contributed by atoms with Crippen molar-refractivity contribution in [2.75, 3.05) is 20.3 Å². The van der Waals surface area contributed by atoms with Crippen molar-refractivity contribution in [2.45, 2.75) is 33.7 Å². The molecule has 124 valence electrons. The molecular formula is C16H24BrNO4. The molecule has 0 saturated carbocycles. The average molecular weight is 374 g/mol. The van der Waals surface area contributed by atoms with E-state index in [-0.39, 0.29) is 0 Å². The van der Waals surface area contributed by atoms with E-state index < -0.39 is 11.4 Å². The molecule has 0 heterocycles. The highest BCUT2D eigenvalue weighted by Gasteiger charge is 2.26. The second kappa shape index (κ2) is 8.39. The molecule has 5 nitrogen and oxygen atoms in total. The van der Waals surface area contributed by atoms with Gasteiger partial charge in [0.2, 0.25) is 0 Å². The summed E-state index contributed by atoms with van der Waals surface area (Å²) >= 11 is 3.48. The lowest BCUT2D eigenvalue weighted by Crippen LogP contribution is -2.28. The first-order valence-electron chi connectivity index (χ1n) is 7.25. The third-order valence-corrected chi connectivity index (χ3v) is 4.00. The second-order valence-corrected chi connectivity index (χ2v) is 6.51. The van der Waals surface area contributed by atoms with Crippen LogP contribution in [0.25, 0.3) is 0 Å². The molecule has 6 heteroatoms. The van der Waals surface area contributed by atoms with Crippen molar-refractivity contribution in [3.63, 3.8) is 0 Å². The van der Waals surface area contributed by atoms with E-state index >= 15 is 0 Å². The predicted molar refractivity (Wildman–Crippen MR) is 89.6 cm³/mol. The number of ether oxygens (including phenoxy) is 2. The quantitative estimate of drug-likeness (QED) is 0.648. The molecule has 0 spiro atoms. The molecule has 1 aromatic carbocycles. The Balaban J connectivity index is 2.65. The van der Waals surface area contributed by atoms with E-state index in [9.17, 15) is 4.79 Å². The van der Waals surface area contributed by atoms with Crippen LogP contribution < -0.4 is 14.8 Å². The Labute approximate surface area is 140 Å². The highest BCUT2D eigenvalue weighted by atomic mass is 79.9. The minimum atomic E-state index is -0.778. The third-order valence-electron chi connectivity index (χ3n) is 3.41. The fourth-order valence-corrected chi connectivity index (χ4v) is 2.58. The molecule has 0 radical (unpaired) electrons. The molecule has 0 aliphatic heterocycles. The summed E-state index contributed by atoms with van der Waals surface area (Å²) < 4.78 is 11.7. The van der Waals surface area contributed by atoms with Gasteiger partial charge in [0, 0.05) is 6.54 Å². The lowest BCUT2D eigenvalue weighted by molar-refractivity contribution is -0.147. The van der Waals surface area contributed by atoms with Crippen LogP contribution in [0.1, 0.15) is 32.8 Å². The minimum Gasteiger partial charge on any atom is -0.492 e. The van der Waals surface area contributed by atoms with Crippen molar-refractivity contribution in [1.29, 1.82) is 0 Å². The number of rotatable bonds is 9. The van der Waals surface area contributed by atoms with Gasteiger partial charge in [0.1, 0.15) is 0 Å². The summed E-state index contributed by atoms with van der Waals surface area (Å²) in [6.07, 6.45) is 0.567. The molecule has 0 aliphatic rings. The van der Waals surface area contributed by atoms with E-state index in [0.717, 1.165) is 10.0 Å². The summed E-state index contributed by atoms with van der Waals surface area (Å²) in [6.45, 7) is 7.21. The van der Waals surface area contributed by atoms with Crippen LogP contribution in [0, 0.1) is 5.41 Å². The maximum absolute atomic E-state index is 11.1. The summed E-state index contributed by atoms with van der Waals surface area (Å²) in [5, 5.41) is 12.3. The highest BCUT2D eigenvalue weighted by Crippen LogP contribution is 2.36. The lowest BCUT2D eigenvalue weighted by Gasteiger charge is -2.19. The topological polar surface area (TPSA) is 67.8 Å². The predicted octanol–water partition coefficient (Wildman–Crippen LogP) is 3.45. The molecule has 0 saturated heterocycles. The number of nitrogens with one attached hydrogen (secondary N) is 1. The number of carbonyl (C=O) groups is 1. The monoisotopic (exact) mass is 373 g/mol. The van der Waals surface area contributed by atoms with Crippen molar-refractivity contribution < 1.29 is 19.4 Å². The molecule has 1 aromatic rings. The summed E-state index contributed by atoms with van der Waals surface area (Å²) in [5.74, 6) is 0.597. The van der Waals surface area contributed by atoms with E-state index in [1.807, 2.05) is 19.1 Å². The van der Waals surface area contributed by atoms with E-state index in [1.54, 1.807) is 21.0 Å². The van der Waals surface area contributed by atoms with Gasteiger partial charge in [-0.25, -0.2) is 0 Å². The zero-order valence-corrected chi connectivity index (χ0v) is 15.1. The molecule has 0 bridgehead atoms. The van der Waals surface area contributed by atoms with Crippen LogP contribution in [0.15, 0.2) is 16.6 Å². The molecule has 0 aromatic heterocycles. The van der Waals surface area contributed by atoms with Gasteiger partial charge in [0.15, 0.2) is 11.5 Å². The Morgan fingerprint density at radius 2 is 2.09 bits per heavy atom. The SMILES string of the molecule is CCOc1cc(CNCCC(C)(C)C(=O)O)cc(Br)c1OC. The standard InChI is InChI=1S/C16H24BrNO4/c1-5-22-13-9-11(8-12(17)14(13)21-4)10-18-7-6-16(2,3)15(19)20/h8-9,18H,5-7,10H2,1-4H3,(H,19,20). The van der Waals surface area contributed by atoms with Gasteiger partial charge in [-0.2, -0.15) is 0 Å². The molecule has 0 amide bonds. The van der Waals surface area contributed by atoms with Crippen molar-refractivity contribution in [1.82, 2.24) is 5.32 Å². The average Bonchev–Trinajstić information content (AvgIpc) is 2.43. The van der Waals surface area contributed by atoms with Gasteiger partial charge in [0.25, 0.3) is 0 Å². The summed E-state index contributed by atoms with van der Waals surface area (Å²) in [6, 6.07) is 3.90. The maximum Gasteiger partial charge on any atom is 0.309 e. The fraction of sp³-hybridized carbons (Fsp3) is 0.562. The van der Waals surface area contributed by atoms with Gasteiger partial charge in [-0.3, -0.25) is 4.79 Å². The van der Waals surface area contributed by atoms with Crippen molar-refractivity contribution in [3.05, 3.63) is 22.2 Å². The number of hydrogen-bond acceptors (Lipinski definition) is 4. The van der Waals surface area contributed by atoms with Crippen LogP contribution in [0.4, 0.5) is 0 Å². The fourth-order valence-electron chi connectivity index (χ4n) is 1.93. The molecule has 0 fully saturated rings. The van der Waals surface area contributed by atoms with Crippen molar-refractivity contribution in [3.8, 4) is 11.5 Å². The van der Waals surface area contributed by atoms with Gasteiger partial charge >= 0.3 is 5.97 Å². The van der Waals surface area contributed by atoms with Crippen LogP contribution in [0.3, 0.4) is 0 Å². The van der Waals surface area contributed by atoms with Crippen LogP contribution in [0.5, 0.6) is 11.5 Å². The molecule has 0 aliphatic carbocycles. The molecule has 2 N–H and O–H groups in total. The van der Waals surface area contributed by atoms with Crippen molar-refractivity contribution >= 4 is 21.9 Å². The van der Waals surface area contributed by atoms with Crippen LogP contribution >= 0.6 is 15.9 Å². The Morgan fingerprint density at radius 1 is 1.41 bits per heavy atom. The summed E-state index contributed by atoms with van der Waals surface area (Å²) in [5.41, 5.74) is 0.327. The second-order valence-electron chi connectivity index (χ2n) is 5.66. The summed E-state index contributed by atoms with van der Waals surface area (Å²) in [7, 11) is 1.61. The van der Waals surface area contributed by atoms with Crippen LogP contribution in [0.2, 0.25) is 0 Å². The first kappa shape index (κ1) is 18.8. The smallest absolute Gasteiger partial charge is 0.309 e. The first-order valence-corrected chi connectivity index (χ1v) is 8.04. The Morgan fingerprint density at radius 3 is 2.64 bits per heavy atom. The van der Waals surface area contributed by atoms with Crippen LogP contribution in [-0.2, 0) is 11.3 Å². The minimum absolute atomic E-state index is 0.562.